The van der Waals surface area contributed by atoms with E-state index in [9.17, 15) is 30.3 Å². The zero-order chi connectivity index (χ0) is 34.0. The minimum atomic E-state index is -1.52. The molecule has 46 heavy (non-hydrogen) atoms. The number of hydrogen-bond acceptors (Lipinski definition) is 9. The van der Waals surface area contributed by atoms with Crippen LogP contribution in [0.1, 0.15) is 93.4 Å². The van der Waals surface area contributed by atoms with E-state index < -0.39 is 60.4 Å². The van der Waals surface area contributed by atoms with Crippen molar-refractivity contribution in [3.8, 4) is 0 Å². The summed E-state index contributed by atoms with van der Waals surface area (Å²) in [5, 5.41) is 53.0. The predicted octanol–water partition coefficient (Wildman–Crippen LogP) is 3.93. The van der Waals surface area contributed by atoms with Gasteiger partial charge in [-0.3, -0.25) is 0 Å². The lowest BCUT2D eigenvalue weighted by Gasteiger charge is -2.66. The zero-order valence-corrected chi connectivity index (χ0v) is 29.2. The van der Waals surface area contributed by atoms with Crippen LogP contribution in [0.5, 0.6) is 0 Å². The predicted molar refractivity (Wildman–Crippen MR) is 173 cm³/mol. The molecule has 4 aliphatic carbocycles. The minimum Gasteiger partial charge on any atom is -0.394 e. The highest BCUT2D eigenvalue weighted by Crippen LogP contribution is 2.74. The van der Waals surface area contributed by atoms with Crippen LogP contribution < -0.4 is 0 Å². The van der Waals surface area contributed by atoms with Crippen molar-refractivity contribution in [1.82, 2.24) is 0 Å². The number of allylic oxidation sites excluding steroid dienone is 1. The Morgan fingerprint density at radius 1 is 1.00 bits per heavy atom. The summed E-state index contributed by atoms with van der Waals surface area (Å²) < 4.78 is 17.6. The van der Waals surface area contributed by atoms with Crippen LogP contribution in [0.2, 0.25) is 0 Å². The molecule has 5 rings (SSSR count). The summed E-state index contributed by atoms with van der Waals surface area (Å²) in [5.41, 5.74) is -0.824. The molecule has 4 fully saturated rings. The van der Waals surface area contributed by atoms with Crippen LogP contribution in [0.15, 0.2) is 23.8 Å². The van der Waals surface area contributed by atoms with E-state index in [1.165, 1.54) is 6.29 Å². The quantitative estimate of drug-likeness (QED) is 0.185. The van der Waals surface area contributed by atoms with Gasteiger partial charge in [0.25, 0.3) is 0 Å². The van der Waals surface area contributed by atoms with Gasteiger partial charge in [-0.15, -0.1) is 0 Å². The normalized spacial score (nSPS) is 47.9. The van der Waals surface area contributed by atoms with Gasteiger partial charge in [-0.05, 0) is 87.4 Å². The van der Waals surface area contributed by atoms with E-state index >= 15 is 0 Å². The van der Waals surface area contributed by atoms with Gasteiger partial charge in [0, 0.05) is 23.9 Å². The highest BCUT2D eigenvalue weighted by atomic mass is 16.7. The monoisotopic (exact) mass is 648 g/mol. The second-order valence-electron chi connectivity index (χ2n) is 16.9. The van der Waals surface area contributed by atoms with Gasteiger partial charge in [0.05, 0.1) is 24.4 Å². The van der Waals surface area contributed by atoms with E-state index in [4.69, 9.17) is 14.2 Å². The van der Waals surface area contributed by atoms with E-state index in [0.29, 0.717) is 24.7 Å². The molecule has 5 aliphatic rings. The fraction of sp³-hybridized carbons (Fsp3) is 0.865. The van der Waals surface area contributed by atoms with Crippen molar-refractivity contribution in [3.05, 3.63) is 23.8 Å². The molecule has 0 aromatic carbocycles. The van der Waals surface area contributed by atoms with Crippen molar-refractivity contribution in [2.75, 3.05) is 13.7 Å². The number of carbonyl (C=O) groups excluding carboxylic acids is 1. The molecular formula is C37H60O9. The average molecular weight is 649 g/mol. The Morgan fingerprint density at radius 3 is 2.33 bits per heavy atom. The second-order valence-corrected chi connectivity index (χ2v) is 16.9. The van der Waals surface area contributed by atoms with Crippen molar-refractivity contribution >= 4 is 6.29 Å². The van der Waals surface area contributed by atoms with Crippen LogP contribution in [-0.2, 0) is 19.0 Å². The molecule has 9 heteroatoms. The minimum absolute atomic E-state index is 0.0144. The number of aldehydes is 1. The molecule has 0 aromatic heterocycles. The fourth-order valence-electron chi connectivity index (χ4n) is 10.9. The number of carbonyl (C=O) groups is 1. The largest absolute Gasteiger partial charge is 0.394 e. The molecule has 5 N–H and O–H groups in total. The molecule has 0 aromatic rings. The molecule has 0 radical (unpaired) electrons. The number of hydrogen-bond donors (Lipinski definition) is 5. The summed E-state index contributed by atoms with van der Waals surface area (Å²) in [5.74, 6) is 0.707. The molecule has 0 spiro atoms. The van der Waals surface area contributed by atoms with Crippen molar-refractivity contribution in [1.29, 1.82) is 0 Å². The number of ether oxygens (including phenoxy) is 3. The SMILES string of the molecule is COC(C)(C)/C=C/C[C@@H](C)[C@H]1CC[C@@]2(C)[C@@H]3[C@@H](O)C=C4[C@@H](CC[C@H](O[C@@H]5O[C@H](CO)[C@@H](O)[C@@H](O)[C@H]5O)C4(C)C)[C@]3(C=O)CC[C@]12C. The maximum atomic E-state index is 13.5. The standard InChI is InChI=1S/C37H60O9/c1-21(10-9-14-33(2,3)44-8)22-13-15-36(7)31-25(40)18-24-23(37(31,20-39)17-16-35(22,36)6)11-12-27(34(24,4)5)46-32-30(43)29(42)28(41)26(19-38)45-32/h9,14,18,20-23,25-32,38,40-43H,10-13,15-17,19H2,1-8H3/b14-9+/t21-,22-,23-,25+,26-,27+,28-,29-,30-,31+,32+,35-,36+,37-/m1/s1. The lowest BCUT2D eigenvalue weighted by molar-refractivity contribution is -0.320. The number of aliphatic hydroxyl groups is 5. The first-order valence-corrected chi connectivity index (χ1v) is 17.5. The van der Waals surface area contributed by atoms with Crippen LogP contribution >= 0.6 is 0 Å². The highest BCUT2D eigenvalue weighted by molar-refractivity contribution is 5.65. The smallest absolute Gasteiger partial charge is 0.187 e. The third kappa shape index (κ3) is 5.49. The Hall–Kier alpha value is -1.17. The lowest BCUT2D eigenvalue weighted by Crippen LogP contribution is -2.65. The van der Waals surface area contributed by atoms with Crippen LogP contribution in [-0.4, -0.2) is 94.1 Å². The van der Waals surface area contributed by atoms with Gasteiger partial charge in [-0.1, -0.05) is 58.4 Å². The first-order chi connectivity index (χ1) is 21.4. The highest BCUT2D eigenvalue weighted by Gasteiger charge is 2.71. The number of rotatable bonds is 9. The zero-order valence-electron chi connectivity index (χ0n) is 29.2. The third-order valence-corrected chi connectivity index (χ3v) is 14.0. The van der Waals surface area contributed by atoms with E-state index in [0.717, 1.165) is 37.7 Å². The van der Waals surface area contributed by atoms with Gasteiger partial charge >= 0.3 is 0 Å². The Kier molecular flexibility index (Phi) is 9.91. The molecule has 0 amide bonds. The van der Waals surface area contributed by atoms with E-state index in [-0.39, 0.29) is 28.3 Å². The second kappa shape index (κ2) is 12.6. The summed E-state index contributed by atoms with van der Waals surface area (Å²) in [4.78, 5) is 13.5. The van der Waals surface area contributed by atoms with Crippen molar-refractivity contribution in [2.24, 2.45) is 45.3 Å². The Labute approximate surface area is 275 Å². The molecule has 262 valence electrons. The summed E-state index contributed by atoms with van der Waals surface area (Å²) in [6, 6.07) is 0. The van der Waals surface area contributed by atoms with Gasteiger partial charge in [-0.25, -0.2) is 0 Å². The summed E-state index contributed by atoms with van der Waals surface area (Å²) >= 11 is 0. The van der Waals surface area contributed by atoms with E-state index in [1.54, 1.807) is 7.11 Å². The first kappa shape index (κ1) is 36.1. The maximum Gasteiger partial charge on any atom is 0.187 e. The van der Waals surface area contributed by atoms with Crippen LogP contribution in [0, 0.1) is 45.3 Å². The first-order valence-electron chi connectivity index (χ1n) is 17.5. The molecule has 0 bridgehead atoms. The van der Waals surface area contributed by atoms with E-state index in [1.807, 2.05) is 19.9 Å². The summed E-state index contributed by atoms with van der Waals surface area (Å²) in [7, 11) is 1.73. The van der Waals surface area contributed by atoms with Gasteiger partial charge in [0.1, 0.15) is 30.7 Å². The maximum absolute atomic E-state index is 13.5. The van der Waals surface area contributed by atoms with Crippen LogP contribution in [0.25, 0.3) is 0 Å². The molecule has 1 aliphatic heterocycles. The Balaban J connectivity index is 1.41. The number of aliphatic hydroxyl groups excluding tert-OH is 5. The van der Waals surface area contributed by atoms with Crippen LogP contribution in [0.4, 0.5) is 0 Å². The van der Waals surface area contributed by atoms with Gasteiger partial charge in [0.2, 0.25) is 0 Å². The molecule has 1 heterocycles. The summed E-state index contributed by atoms with van der Waals surface area (Å²) in [6.07, 6.45) is 5.57. The van der Waals surface area contributed by atoms with Crippen molar-refractivity contribution < 1.29 is 44.5 Å². The number of methoxy groups -OCH3 is 1. The van der Waals surface area contributed by atoms with Gasteiger partial charge in [0.15, 0.2) is 6.29 Å². The molecular weight excluding hydrogens is 588 g/mol. The fourth-order valence-corrected chi connectivity index (χ4v) is 10.9. The van der Waals surface area contributed by atoms with Crippen LogP contribution in [0.3, 0.4) is 0 Å². The molecule has 3 saturated carbocycles. The van der Waals surface area contributed by atoms with Gasteiger partial charge < -0.3 is 44.5 Å². The van der Waals surface area contributed by atoms with Crippen molar-refractivity contribution in [3.63, 3.8) is 0 Å². The third-order valence-electron chi connectivity index (χ3n) is 14.0. The topological polar surface area (TPSA) is 146 Å². The van der Waals surface area contributed by atoms with E-state index in [2.05, 4.69) is 46.8 Å². The number of fused-ring (bicyclic) bond motifs is 5. The van der Waals surface area contributed by atoms with Gasteiger partial charge in [-0.2, -0.15) is 0 Å². The lowest BCUT2D eigenvalue weighted by atomic mass is 9.38. The van der Waals surface area contributed by atoms with Crippen molar-refractivity contribution in [2.45, 2.75) is 142 Å². The molecule has 1 saturated heterocycles. The summed E-state index contributed by atoms with van der Waals surface area (Å²) in [6.45, 7) is 14.8. The molecule has 0 unspecified atom stereocenters. The Bertz CT molecular complexity index is 1180. The molecule has 14 atom stereocenters. The Morgan fingerprint density at radius 2 is 1.70 bits per heavy atom. The molecule has 9 nitrogen and oxygen atoms in total. The average Bonchev–Trinajstić information content (AvgIpc) is 3.29.